The van der Waals surface area contributed by atoms with E-state index in [1.165, 1.54) is 6.33 Å². The highest BCUT2D eigenvalue weighted by atomic mass is 16.3. The number of aliphatic hydroxyl groups excluding tert-OH is 1. The van der Waals surface area contributed by atoms with Gasteiger partial charge in [-0.3, -0.25) is 0 Å². The highest BCUT2D eigenvalue weighted by Crippen LogP contribution is 2.23. The lowest BCUT2D eigenvalue weighted by atomic mass is 10.3. The topological polar surface area (TPSA) is 92.0 Å². The minimum absolute atomic E-state index is 0.0142. The van der Waals surface area contributed by atoms with Gasteiger partial charge in [-0.1, -0.05) is 0 Å². The van der Waals surface area contributed by atoms with Crippen molar-refractivity contribution < 1.29 is 5.11 Å². The molecule has 0 amide bonds. The predicted molar refractivity (Wildman–Crippen MR) is 93.5 cm³/mol. The molecule has 0 aliphatic rings. The summed E-state index contributed by atoms with van der Waals surface area (Å²) in [6.07, 6.45) is 4.97. The highest BCUT2D eigenvalue weighted by molar-refractivity contribution is 5.88. The summed E-state index contributed by atoms with van der Waals surface area (Å²) in [5, 5.41) is 17.4. The second-order valence-corrected chi connectivity index (χ2v) is 5.25. The molecule has 0 saturated carbocycles. The Morgan fingerprint density at radius 3 is 2.62 bits per heavy atom. The summed E-state index contributed by atoms with van der Waals surface area (Å²) in [7, 11) is 0. The quantitative estimate of drug-likeness (QED) is 0.683. The summed E-state index contributed by atoms with van der Waals surface area (Å²) in [6, 6.07) is 3.97. The summed E-state index contributed by atoms with van der Waals surface area (Å²) in [5.74, 6) is 1.62. The van der Waals surface area contributed by atoms with Gasteiger partial charge in [0.2, 0.25) is 0 Å². The number of fused-ring (bicyclic) bond motifs is 1. The molecule has 24 heavy (non-hydrogen) atoms. The molecule has 0 bridgehead atoms. The lowest BCUT2D eigenvalue weighted by Gasteiger charge is -2.19. The normalized spacial score (nSPS) is 11.0. The van der Waals surface area contributed by atoms with Crippen molar-refractivity contribution in [2.45, 2.75) is 20.4 Å². The Morgan fingerprint density at radius 1 is 1.12 bits per heavy atom. The van der Waals surface area contributed by atoms with Gasteiger partial charge in [-0.2, -0.15) is 5.10 Å². The summed E-state index contributed by atoms with van der Waals surface area (Å²) in [4.78, 5) is 15.2. The Labute approximate surface area is 140 Å². The van der Waals surface area contributed by atoms with Crippen LogP contribution in [0.3, 0.4) is 0 Å². The maximum atomic E-state index is 9.08. The number of aromatic nitrogens is 5. The number of nitrogens with one attached hydrogen (secondary N) is 1. The Kier molecular flexibility index (Phi) is 4.85. The Balaban J connectivity index is 1.84. The third-order valence-electron chi connectivity index (χ3n) is 3.84. The van der Waals surface area contributed by atoms with Crippen molar-refractivity contribution in [3.8, 4) is 0 Å². The molecule has 3 aromatic rings. The standard InChI is InChI=1S/C16H21N7O/c1-3-22(4-2)14-6-5-12(9-17-14)21-15-13-10-20-23(7-8-24)16(13)19-11-18-15/h5-6,9-11,24H,3-4,7-8H2,1-2H3,(H,18,19,21). The first kappa shape index (κ1) is 16.1. The van der Waals surface area contributed by atoms with Gasteiger partial charge in [-0.05, 0) is 26.0 Å². The summed E-state index contributed by atoms with van der Waals surface area (Å²) < 4.78 is 1.66. The number of nitrogens with zero attached hydrogens (tertiary/aromatic N) is 6. The number of hydrogen-bond donors (Lipinski definition) is 2. The van der Waals surface area contributed by atoms with E-state index in [0.29, 0.717) is 18.0 Å². The lowest BCUT2D eigenvalue weighted by molar-refractivity contribution is 0.271. The van der Waals surface area contributed by atoms with Gasteiger partial charge in [0, 0.05) is 13.1 Å². The van der Waals surface area contributed by atoms with Crippen LogP contribution in [0.2, 0.25) is 0 Å². The summed E-state index contributed by atoms with van der Waals surface area (Å²) in [6.45, 7) is 6.48. The molecule has 3 rings (SSSR count). The maximum Gasteiger partial charge on any atom is 0.163 e. The number of pyridine rings is 1. The lowest BCUT2D eigenvalue weighted by Crippen LogP contribution is -2.22. The van der Waals surface area contributed by atoms with Gasteiger partial charge in [0.25, 0.3) is 0 Å². The van der Waals surface area contributed by atoms with Crippen LogP contribution in [0.25, 0.3) is 11.0 Å². The predicted octanol–water partition coefficient (Wildman–Crippen LogP) is 1.80. The van der Waals surface area contributed by atoms with Crippen LogP contribution in [0.5, 0.6) is 0 Å². The van der Waals surface area contributed by atoms with Gasteiger partial charge < -0.3 is 15.3 Å². The van der Waals surface area contributed by atoms with Gasteiger partial charge in [-0.15, -0.1) is 0 Å². The van der Waals surface area contributed by atoms with Gasteiger partial charge in [0.05, 0.1) is 36.6 Å². The van der Waals surface area contributed by atoms with E-state index in [1.807, 2.05) is 12.1 Å². The van der Waals surface area contributed by atoms with E-state index in [2.05, 4.69) is 44.1 Å². The van der Waals surface area contributed by atoms with E-state index in [9.17, 15) is 0 Å². The molecule has 8 heteroatoms. The molecule has 0 radical (unpaired) electrons. The van der Waals surface area contributed by atoms with Crippen molar-refractivity contribution in [3.63, 3.8) is 0 Å². The number of aliphatic hydroxyl groups is 1. The largest absolute Gasteiger partial charge is 0.394 e. The van der Waals surface area contributed by atoms with E-state index in [0.717, 1.165) is 30.0 Å². The summed E-state index contributed by atoms with van der Waals surface area (Å²) >= 11 is 0. The van der Waals surface area contributed by atoms with Crippen LogP contribution < -0.4 is 10.2 Å². The van der Waals surface area contributed by atoms with Crippen LogP contribution in [-0.2, 0) is 6.54 Å². The van der Waals surface area contributed by atoms with Gasteiger partial charge in [0.1, 0.15) is 18.0 Å². The number of hydrogen-bond acceptors (Lipinski definition) is 7. The van der Waals surface area contributed by atoms with Gasteiger partial charge in [-0.25, -0.2) is 19.6 Å². The zero-order valence-electron chi connectivity index (χ0n) is 13.8. The second-order valence-electron chi connectivity index (χ2n) is 5.25. The molecule has 0 saturated heterocycles. The molecule has 0 atom stereocenters. The molecule has 0 aliphatic carbocycles. The van der Waals surface area contributed by atoms with Crippen LogP contribution in [0.15, 0.2) is 30.9 Å². The van der Waals surface area contributed by atoms with E-state index in [4.69, 9.17) is 5.11 Å². The van der Waals surface area contributed by atoms with E-state index >= 15 is 0 Å². The molecule has 8 nitrogen and oxygen atoms in total. The van der Waals surface area contributed by atoms with Crippen molar-refractivity contribution in [2.75, 3.05) is 29.9 Å². The molecule has 3 aromatic heterocycles. The maximum absolute atomic E-state index is 9.08. The molecule has 0 spiro atoms. The van der Waals surface area contributed by atoms with E-state index < -0.39 is 0 Å². The van der Waals surface area contributed by atoms with Crippen molar-refractivity contribution in [2.24, 2.45) is 0 Å². The van der Waals surface area contributed by atoms with Crippen LogP contribution >= 0.6 is 0 Å². The molecule has 0 aromatic carbocycles. The first-order chi connectivity index (χ1) is 11.8. The molecule has 2 N–H and O–H groups in total. The van der Waals surface area contributed by atoms with Gasteiger partial charge >= 0.3 is 0 Å². The fourth-order valence-corrected chi connectivity index (χ4v) is 2.58. The average Bonchev–Trinajstić information content (AvgIpc) is 3.02. The fraction of sp³-hybridized carbons (Fsp3) is 0.375. The first-order valence-electron chi connectivity index (χ1n) is 8.02. The zero-order chi connectivity index (χ0) is 16.9. The van der Waals surface area contributed by atoms with Crippen molar-refractivity contribution in [3.05, 3.63) is 30.9 Å². The van der Waals surface area contributed by atoms with Crippen molar-refractivity contribution >= 4 is 28.4 Å². The Morgan fingerprint density at radius 2 is 1.96 bits per heavy atom. The number of rotatable bonds is 7. The van der Waals surface area contributed by atoms with Crippen LogP contribution in [0.1, 0.15) is 13.8 Å². The summed E-state index contributed by atoms with van der Waals surface area (Å²) in [5.41, 5.74) is 1.54. The van der Waals surface area contributed by atoms with Crippen LogP contribution in [0.4, 0.5) is 17.3 Å². The molecule has 0 aliphatic heterocycles. The van der Waals surface area contributed by atoms with Crippen molar-refractivity contribution in [1.29, 1.82) is 0 Å². The molecule has 0 fully saturated rings. The SMILES string of the molecule is CCN(CC)c1ccc(Nc2ncnc3c2cnn3CCO)cn1. The second kappa shape index (κ2) is 7.22. The molecular weight excluding hydrogens is 306 g/mol. The van der Waals surface area contributed by atoms with Crippen LogP contribution in [0, 0.1) is 0 Å². The third-order valence-corrected chi connectivity index (χ3v) is 3.84. The smallest absolute Gasteiger partial charge is 0.163 e. The van der Waals surface area contributed by atoms with E-state index in [-0.39, 0.29) is 6.61 Å². The van der Waals surface area contributed by atoms with Crippen molar-refractivity contribution in [1.82, 2.24) is 24.7 Å². The minimum atomic E-state index is 0.0142. The minimum Gasteiger partial charge on any atom is -0.394 e. The first-order valence-corrected chi connectivity index (χ1v) is 8.02. The molecule has 3 heterocycles. The monoisotopic (exact) mass is 327 g/mol. The van der Waals surface area contributed by atoms with Crippen LogP contribution in [-0.4, -0.2) is 49.5 Å². The fourth-order valence-electron chi connectivity index (χ4n) is 2.58. The molecule has 0 unspecified atom stereocenters. The number of anilines is 3. The Hall–Kier alpha value is -2.74. The molecular formula is C16H21N7O. The zero-order valence-corrected chi connectivity index (χ0v) is 13.8. The Bertz CT molecular complexity index is 796. The molecule has 126 valence electrons. The van der Waals surface area contributed by atoms with E-state index in [1.54, 1.807) is 17.1 Å². The highest BCUT2D eigenvalue weighted by Gasteiger charge is 2.10. The third kappa shape index (κ3) is 3.13. The van der Waals surface area contributed by atoms with Gasteiger partial charge in [0.15, 0.2) is 5.65 Å². The average molecular weight is 327 g/mol.